The van der Waals surface area contributed by atoms with Gasteiger partial charge in [0.25, 0.3) is 5.91 Å². The van der Waals surface area contributed by atoms with E-state index in [1.54, 1.807) is 0 Å². The van der Waals surface area contributed by atoms with E-state index in [0.717, 1.165) is 27.7 Å². The topological polar surface area (TPSA) is 157 Å². The molecule has 12 nitrogen and oxygen atoms in total. The Morgan fingerprint density at radius 1 is 0.903 bits per heavy atom. The average Bonchev–Trinajstić information content (AvgIpc) is 3.18. The first-order valence-corrected chi connectivity index (χ1v) is 9.23. The highest BCUT2D eigenvalue weighted by molar-refractivity contribution is 5.91. The molecule has 0 spiro atoms. The van der Waals surface area contributed by atoms with Crippen LogP contribution in [0, 0.1) is 0 Å². The zero-order chi connectivity index (χ0) is 23.1. The van der Waals surface area contributed by atoms with Crippen molar-refractivity contribution in [1.82, 2.24) is 5.32 Å². The fraction of sp³-hybridized carbons (Fsp3) is 0.526. The van der Waals surface area contributed by atoms with E-state index in [0.29, 0.717) is 0 Å². The number of nitrogens with one attached hydrogen (secondary N) is 1. The molecule has 1 aromatic heterocycles. The van der Waals surface area contributed by atoms with E-state index in [2.05, 4.69) is 5.32 Å². The summed E-state index contributed by atoms with van der Waals surface area (Å²) in [5.41, 5.74) is 0. The lowest BCUT2D eigenvalue weighted by molar-refractivity contribution is -0.270. The number of rotatable bonds is 7. The lowest BCUT2D eigenvalue weighted by Gasteiger charge is -2.44. The van der Waals surface area contributed by atoms with Gasteiger partial charge in [0.1, 0.15) is 18.8 Å². The largest absolute Gasteiger partial charge is 0.463 e. The zero-order valence-electron chi connectivity index (χ0n) is 17.3. The summed E-state index contributed by atoms with van der Waals surface area (Å²) < 4.78 is 31.4. The Bertz CT molecular complexity index is 819. The maximum absolute atomic E-state index is 12.5. The van der Waals surface area contributed by atoms with Crippen molar-refractivity contribution in [3.8, 4) is 0 Å². The molecule has 5 atom stereocenters. The van der Waals surface area contributed by atoms with Crippen molar-refractivity contribution in [2.75, 3.05) is 6.61 Å². The Labute approximate surface area is 177 Å². The summed E-state index contributed by atoms with van der Waals surface area (Å²) in [7, 11) is 0. The second kappa shape index (κ2) is 10.6. The van der Waals surface area contributed by atoms with Gasteiger partial charge in [0, 0.05) is 27.7 Å². The van der Waals surface area contributed by atoms with E-state index < -0.39 is 67.0 Å². The molecular weight excluding hydrogens is 418 g/mol. The quantitative estimate of drug-likeness (QED) is 0.452. The van der Waals surface area contributed by atoms with Crippen LogP contribution in [0.4, 0.5) is 0 Å². The Balaban J connectivity index is 2.42. The maximum atomic E-state index is 12.5. The molecule has 0 radical (unpaired) electrons. The first-order valence-electron chi connectivity index (χ1n) is 9.23. The molecule has 1 N–H and O–H groups in total. The first-order chi connectivity index (χ1) is 14.6. The molecule has 1 aliphatic heterocycles. The number of esters is 4. The zero-order valence-corrected chi connectivity index (χ0v) is 17.3. The van der Waals surface area contributed by atoms with Gasteiger partial charge in [-0.2, -0.15) is 0 Å². The molecule has 0 bridgehead atoms. The van der Waals surface area contributed by atoms with Gasteiger partial charge in [0.05, 0.1) is 6.26 Å². The molecule has 1 saturated heterocycles. The monoisotopic (exact) mass is 441 g/mol. The van der Waals surface area contributed by atoms with Crippen molar-refractivity contribution in [1.29, 1.82) is 0 Å². The van der Waals surface area contributed by atoms with Crippen LogP contribution < -0.4 is 5.32 Å². The molecule has 1 fully saturated rings. The maximum Gasteiger partial charge on any atom is 0.305 e. The summed E-state index contributed by atoms with van der Waals surface area (Å²) in [6, 6.07) is 1.58. The highest BCUT2D eigenvalue weighted by atomic mass is 16.7. The average molecular weight is 441 g/mol. The van der Waals surface area contributed by atoms with Crippen LogP contribution in [0.15, 0.2) is 22.8 Å². The molecule has 31 heavy (non-hydrogen) atoms. The van der Waals surface area contributed by atoms with Gasteiger partial charge in [-0.05, 0) is 12.1 Å². The van der Waals surface area contributed by atoms with Gasteiger partial charge < -0.3 is 33.4 Å². The molecular formula is C19H23NO11. The van der Waals surface area contributed by atoms with Gasteiger partial charge in [-0.25, -0.2) is 0 Å². The third-order valence-corrected chi connectivity index (χ3v) is 4.03. The number of hydrogen-bond donors (Lipinski definition) is 1. The highest BCUT2D eigenvalue weighted by Crippen LogP contribution is 2.28. The minimum absolute atomic E-state index is 0.0748. The van der Waals surface area contributed by atoms with Gasteiger partial charge in [0.15, 0.2) is 18.0 Å². The molecule has 0 aliphatic carbocycles. The summed E-state index contributed by atoms with van der Waals surface area (Å²) in [6.45, 7) is 4.08. The van der Waals surface area contributed by atoms with Crippen LogP contribution in [-0.2, 0) is 42.9 Å². The molecule has 1 aromatic rings. The third-order valence-electron chi connectivity index (χ3n) is 4.03. The molecule has 2 rings (SSSR count). The Hall–Kier alpha value is -3.41. The van der Waals surface area contributed by atoms with Crippen LogP contribution in [0.5, 0.6) is 0 Å². The molecule has 2 heterocycles. The first kappa shape index (κ1) is 23.9. The number of carbonyl (C=O) groups is 5. The van der Waals surface area contributed by atoms with E-state index in [1.807, 2.05) is 0 Å². The van der Waals surface area contributed by atoms with Crippen LogP contribution in [-0.4, -0.2) is 67.0 Å². The van der Waals surface area contributed by atoms with Crippen molar-refractivity contribution in [3.05, 3.63) is 24.2 Å². The van der Waals surface area contributed by atoms with Crippen LogP contribution in [0.1, 0.15) is 38.2 Å². The fourth-order valence-corrected chi connectivity index (χ4v) is 2.95. The van der Waals surface area contributed by atoms with E-state index >= 15 is 0 Å². The highest BCUT2D eigenvalue weighted by Gasteiger charge is 2.52. The van der Waals surface area contributed by atoms with Gasteiger partial charge >= 0.3 is 23.9 Å². The van der Waals surface area contributed by atoms with Crippen molar-refractivity contribution in [2.24, 2.45) is 0 Å². The molecule has 1 unspecified atom stereocenters. The fourth-order valence-electron chi connectivity index (χ4n) is 2.95. The Morgan fingerprint density at radius 3 is 2.03 bits per heavy atom. The van der Waals surface area contributed by atoms with Gasteiger partial charge in [-0.3, -0.25) is 24.0 Å². The summed E-state index contributed by atoms with van der Waals surface area (Å²) >= 11 is 0. The van der Waals surface area contributed by atoms with Crippen LogP contribution >= 0.6 is 0 Å². The van der Waals surface area contributed by atoms with Crippen LogP contribution in [0.2, 0.25) is 0 Å². The molecule has 0 saturated carbocycles. The normalized spacial score (nSPS) is 25.1. The van der Waals surface area contributed by atoms with Crippen LogP contribution in [0.3, 0.4) is 0 Å². The number of carbonyl (C=O) groups excluding carboxylic acids is 5. The number of hydrogen-bond acceptors (Lipinski definition) is 11. The van der Waals surface area contributed by atoms with E-state index in [-0.39, 0.29) is 5.76 Å². The Morgan fingerprint density at radius 2 is 1.52 bits per heavy atom. The molecule has 0 aromatic carbocycles. The lowest BCUT2D eigenvalue weighted by Crippen LogP contribution is -2.67. The predicted molar refractivity (Wildman–Crippen MR) is 98.1 cm³/mol. The summed E-state index contributed by atoms with van der Waals surface area (Å²) in [6.07, 6.45) is -4.00. The van der Waals surface area contributed by atoms with Crippen molar-refractivity contribution in [2.45, 2.75) is 58.3 Å². The summed E-state index contributed by atoms with van der Waals surface area (Å²) in [4.78, 5) is 58.9. The minimum atomic E-state index is -1.46. The van der Waals surface area contributed by atoms with E-state index in [1.165, 1.54) is 18.4 Å². The molecule has 1 aliphatic rings. The third kappa shape index (κ3) is 6.81. The molecule has 170 valence electrons. The van der Waals surface area contributed by atoms with E-state index in [9.17, 15) is 24.0 Å². The minimum Gasteiger partial charge on any atom is -0.463 e. The number of amides is 1. The SMILES string of the molecule is CC(=O)OC[C@H]1OC(OC(C)=O)[C@H](NC(=O)c2ccco2)[C@@H](OC(C)=O)[C@@H]1OC(C)=O. The second-order valence-corrected chi connectivity index (χ2v) is 6.58. The van der Waals surface area contributed by atoms with Crippen LogP contribution in [0.25, 0.3) is 0 Å². The van der Waals surface area contributed by atoms with Gasteiger partial charge in [-0.1, -0.05) is 0 Å². The Kier molecular flexibility index (Phi) is 8.14. The summed E-state index contributed by atoms with van der Waals surface area (Å²) in [5, 5.41) is 2.51. The molecule has 12 heteroatoms. The standard InChI is InChI=1S/C19H23NO11/c1-9(21)27-8-14-16(28-10(2)22)17(29-11(3)23)15(19(31-14)30-12(4)24)20-18(25)13-6-5-7-26-13/h5-7,14-17,19H,8H2,1-4H3,(H,20,25)/t14-,15-,16-,17-,19?/m1/s1. The lowest BCUT2D eigenvalue weighted by atomic mass is 9.96. The van der Waals surface area contributed by atoms with Crippen molar-refractivity contribution >= 4 is 29.8 Å². The molecule has 1 amide bonds. The van der Waals surface area contributed by atoms with Crippen molar-refractivity contribution < 1.29 is 52.1 Å². The smallest absolute Gasteiger partial charge is 0.305 e. The predicted octanol–water partition coefficient (Wildman–Crippen LogP) is 0.0925. The summed E-state index contributed by atoms with van der Waals surface area (Å²) in [5.74, 6) is -3.73. The van der Waals surface area contributed by atoms with Gasteiger partial charge in [0.2, 0.25) is 6.29 Å². The second-order valence-electron chi connectivity index (χ2n) is 6.58. The van der Waals surface area contributed by atoms with Crippen molar-refractivity contribution in [3.63, 3.8) is 0 Å². The van der Waals surface area contributed by atoms with E-state index in [4.69, 9.17) is 28.1 Å². The number of furan rings is 1. The number of ether oxygens (including phenoxy) is 5. The van der Waals surface area contributed by atoms with Gasteiger partial charge in [-0.15, -0.1) is 0 Å².